The zero-order chi connectivity index (χ0) is 21.8. The van der Waals surface area contributed by atoms with Gasteiger partial charge in [-0.25, -0.2) is 4.39 Å². The SMILES string of the molecule is NC(=O)C1CCCN(C(=O)CSc2nnc(N3CCOCC3)n2-c2cccc(F)c2)C1. The Labute approximate surface area is 183 Å². The largest absolute Gasteiger partial charge is 0.378 e. The maximum atomic E-state index is 13.9. The number of thioether (sulfide) groups is 1. The van der Waals surface area contributed by atoms with Gasteiger partial charge in [0.25, 0.3) is 0 Å². The number of morpholine rings is 1. The maximum absolute atomic E-state index is 13.9. The van der Waals surface area contributed by atoms with E-state index in [0.717, 1.165) is 6.42 Å². The Balaban J connectivity index is 1.53. The fourth-order valence-electron chi connectivity index (χ4n) is 3.82. The third kappa shape index (κ3) is 4.99. The Morgan fingerprint density at radius 2 is 2.03 bits per heavy atom. The van der Waals surface area contributed by atoms with Crippen molar-refractivity contribution in [1.82, 2.24) is 19.7 Å². The summed E-state index contributed by atoms with van der Waals surface area (Å²) in [6.07, 6.45) is 1.47. The Hall–Kier alpha value is -2.66. The van der Waals surface area contributed by atoms with Crippen LogP contribution in [0.1, 0.15) is 12.8 Å². The third-order valence-corrected chi connectivity index (χ3v) is 6.39. The zero-order valence-electron chi connectivity index (χ0n) is 17.1. The minimum absolute atomic E-state index is 0.0855. The van der Waals surface area contributed by atoms with Crippen molar-refractivity contribution in [3.8, 4) is 5.69 Å². The molecular weight excluding hydrogens is 423 g/mol. The van der Waals surface area contributed by atoms with Crippen molar-refractivity contribution >= 4 is 29.5 Å². The minimum Gasteiger partial charge on any atom is -0.378 e. The molecule has 0 aliphatic carbocycles. The summed E-state index contributed by atoms with van der Waals surface area (Å²) in [5.41, 5.74) is 6.01. The van der Waals surface area contributed by atoms with Crippen LogP contribution in [0.3, 0.4) is 0 Å². The molecule has 1 aromatic heterocycles. The van der Waals surface area contributed by atoms with Gasteiger partial charge in [0.1, 0.15) is 5.82 Å². The van der Waals surface area contributed by atoms with Crippen molar-refractivity contribution in [2.24, 2.45) is 11.7 Å². The van der Waals surface area contributed by atoms with E-state index in [2.05, 4.69) is 10.2 Å². The number of likely N-dealkylation sites (tertiary alicyclic amines) is 1. The van der Waals surface area contributed by atoms with Gasteiger partial charge in [-0.1, -0.05) is 17.8 Å². The second kappa shape index (κ2) is 9.65. The molecule has 4 rings (SSSR count). The number of anilines is 1. The van der Waals surface area contributed by atoms with Gasteiger partial charge in [-0.3, -0.25) is 14.2 Å². The van der Waals surface area contributed by atoms with Crippen molar-refractivity contribution in [3.05, 3.63) is 30.1 Å². The van der Waals surface area contributed by atoms with Crippen molar-refractivity contribution in [3.63, 3.8) is 0 Å². The Morgan fingerprint density at radius 3 is 2.77 bits per heavy atom. The number of nitrogens with two attached hydrogens (primary N) is 1. The quantitative estimate of drug-likeness (QED) is 0.659. The highest BCUT2D eigenvalue weighted by Crippen LogP contribution is 2.28. The fourth-order valence-corrected chi connectivity index (χ4v) is 4.67. The first-order valence-corrected chi connectivity index (χ1v) is 11.3. The summed E-state index contributed by atoms with van der Waals surface area (Å²) >= 11 is 1.25. The van der Waals surface area contributed by atoms with Gasteiger partial charge in [0, 0.05) is 26.2 Å². The van der Waals surface area contributed by atoms with Crippen LogP contribution >= 0.6 is 11.8 Å². The third-order valence-electron chi connectivity index (χ3n) is 5.48. The molecule has 166 valence electrons. The molecule has 0 bridgehead atoms. The average Bonchev–Trinajstić information content (AvgIpc) is 3.22. The smallest absolute Gasteiger partial charge is 0.233 e. The van der Waals surface area contributed by atoms with Crippen molar-refractivity contribution in [1.29, 1.82) is 0 Å². The van der Waals surface area contributed by atoms with E-state index >= 15 is 0 Å². The van der Waals surface area contributed by atoms with Gasteiger partial charge in [0.15, 0.2) is 5.16 Å². The van der Waals surface area contributed by atoms with Crippen molar-refractivity contribution < 1.29 is 18.7 Å². The Kier molecular flexibility index (Phi) is 6.71. The van der Waals surface area contributed by atoms with Crippen molar-refractivity contribution in [2.45, 2.75) is 18.0 Å². The maximum Gasteiger partial charge on any atom is 0.233 e. The summed E-state index contributed by atoms with van der Waals surface area (Å²) in [4.78, 5) is 28.0. The molecule has 31 heavy (non-hydrogen) atoms. The van der Waals surface area contributed by atoms with Crippen LogP contribution in [0.25, 0.3) is 5.69 Å². The lowest BCUT2D eigenvalue weighted by atomic mass is 9.97. The second-order valence-corrected chi connectivity index (χ2v) is 8.51. The van der Waals surface area contributed by atoms with E-state index in [1.54, 1.807) is 21.6 Å². The van der Waals surface area contributed by atoms with E-state index in [1.165, 1.54) is 23.9 Å². The standard InChI is InChI=1S/C20H25FN6O3S/c21-15-4-1-5-16(11-15)27-19(25-7-9-30-10-8-25)23-24-20(27)31-13-17(28)26-6-2-3-14(12-26)18(22)29/h1,4-5,11,14H,2-3,6-10,12-13H2,(H2,22,29). The first-order chi connectivity index (χ1) is 15.0. The van der Waals surface area contributed by atoms with Gasteiger partial charge >= 0.3 is 0 Å². The first-order valence-electron chi connectivity index (χ1n) is 10.3. The number of rotatable bonds is 6. The molecule has 1 atom stereocenters. The minimum atomic E-state index is -0.369. The number of piperidine rings is 1. The summed E-state index contributed by atoms with van der Waals surface area (Å²) in [5, 5.41) is 9.11. The molecule has 1 unspecified atom stereocenters. The highest BCUT2D eigenvalue weighted by atomic mass is 32.2. The van der Waals surface area contributed by atoms with E-state index in [-0.39, 0.29) is 29.3 Å². The van der Waals surface area contributed by atoms with Crippen LogP contribution in [0.4, 0.5) is 10.3 Å². The van der Waals surface area contributed by atoms with E-state index in [1.807, 2.05) is 4.90 Å². The summed E-state index contributed by atoms with van der Waals surface area (Å²) in [6.45, 7) is 3.42. The number of halogens is 1. The number of amides is 2. The van der Waals surface area contributed by atoms with Crippen LogP contribution in [0.2, 0.25) is 0 Å². The number of benzene rings is 1. The predicted octanol–water partition coefficient (Wildman–Crippen LogP) is 1.06. The van der Waals surface area contributed by atoms with E-state index in [9.17, 15) is 14.0 Å². The molecule has 2 aliphatic rings. The average molecular weight is 449 g/mol. The lowest BCUT2D eigenvalue weighted by Gasteiger charge is -2.31. The molecule has 2 aliphatic heterocycles. The molecule has 2 amide bonds. The number of aromatic nitrogens is 3. The number of carbonyl (C=O) groups is 2. The molecule has 11 heteroatoms. The molecule has 0 radical (unpaired) electrons. The Morgan fingerprint density at radius 1 is 1.23 bits per heavy atom. The highest BCUT2D eigenvalue weighted by Gasteiger charge is 2.28. The molecule has 9 nitrogen and oxygen atoms in total. The lowest BCUT2D eigenvalue weighted by Crippen LogP contribution is -2.44. The number of hydrogen-bond acceptors (Lipinski definition) is 7. The fraction of sp³-hybridized carbons (Fsp3) is 0.500. The van der Waals surface area contributed by atoms with Crippen LogP contribution in [0, 0.1) is 11.7 Å². The molecule has 2 fully saturated rings. The number of carbonyl (C=O) groups excluding carboxylic acids is 2. The molecule has 2 aromatic rings. The molecule has 2 N–H and O–H groups in total. The van der Waals surface area contributed by atoms with Crippen LogP contribution in [0.5, 0.6) is 0 Å². The van der Waals surface area contributed by atoms with Gasteiger partial charge in [-0.05, 0) is 31.0 Å². The first kappa shape index (κ1) is 21.6. The molecular formula is C20H25FN6O3S. The van der Waals surface area contributed by atoms with Gasteiger partial charge in [0.2, 0.25) is 17.8 Å². The van der Waals surface area contributed by atoms with Gasteiger partial charge in [-0.2, -0.15) is 0 Å². The lowest BCUT2D eigenvalue weighted by molar-refractivity contribution is -0.132. The monoisotopic (exact) mass is 448 g/mol. The molecule has 0 spiro atoms. The molecule has 0 saturated carbocycles. The van der Waals surface area contributed by atoms with E-state index in [4.69, 9.17) is 10.5 Å². The highest BCUT2D eigenvalue weighted by molar-refractivity contribution is 7.99. The summed E-state index contributed by atoms with van der Waals surface area (Å²) in [5.74, 6) is -0.384. The number of nitrogens with zero attached hydrogens (tertiary/aromatic N) is 5. The summed E-state index contributed by atoms with van der Waals surface area (Å²) in [6, 6.07) is 6.21. The van der Waals surface area contributed by atoms with E-state index < -0.39 is 0 Å². The van der Waals surface area contributed by atoms with Gasteiger partial charge in [0.05, 0.1) is 30.6 Å². The predicted molar refractivity (Wildman–Crippen MR) is 114 cm³/mol. The van der Waals surface area contributed by atoms with Gasteiger partial charge in [-0.15, -0.1) is 10.2 Å². The second-order valence-electron chi connectivity index (χ2n) is 7.57. The normalized spacial score (nSPS) is 19.5. The summed E-state index contributed by atoms with van der Waals surface area (Å²) in [7, 11) is 0. The van der Waals surface area contributed by atoms with Crippen LogP contribution in [0.15, 0.2) is 29.4 Å². The molecule has 2 saturated heterocycles. The van der Waals surface area contributed by atoms with Crippen LogP contribution in [-0.4, -0.2) is 76.6 Å². The summed E-state index contributed by atoms with van der Waals surface area (Å²) < 4.78 is 21.1. The molecule has 1 aromatic carbocycles. The number of primary amides is 1. The Bertz CT molecular complexity index is 949. The topological polar surface area (TPSA) is 107 Å². The van der Waals surface area contributed by atoms with Crippen molar-refractivity contribution in [2.75, 3.05) is 50.0 Å². The zero-order valence-corrected chi connectivity index (χ0v) is 17.9. The van der Waals surface area contributed by atoms with Crippen LogP contribution in [-0.2, 0) is 14.3 Å². The van der Waals surface area contributed by atoms with Crippen LogP contribution < -0.4 is 10.6 Å². The number of hydrogen-bond donors (Lipinski definition) is 1. The van der Waals surface area contributed by atoms with Gasteiger partial charge < -0.3 is 20.3 Å². The number of ether oxygens (including phenoxy) is 1. The van der Waals surface area contributed by atoms with E-state index in [0.29, 0.717) is 62.6 Å². The molecule has 3 heterocycles.